The quantitative estimate of drug-likeness (QED) is 0.838. The van der Waals surface area contributed by atoms with Crippen molar-refractivity contribution in [1.29, 1.82) is 0 Å². The Balaban J connectivity index is 2.64. The zero-order chi connectivity index (χ0) is 12.8. The number of nitrogens with one attached hydrogen (secondary N) is 1. The molecule has 1 aromatic rings. The summed E-state index contributed by atoms with van der Waals surface area (Å²) in [5.41, 5.74) is 0.718. The second kappa shape index (κ2) is 6.70. The summed E-state index contributed by atoms with van der Waals surface area (Å²) in [5.74, 6) is -0.266. The molecule has 1 rings (SSSR count). The Hall–Kier alpha value is -0.960. The Morgan fingerprint density at radius 3 is 2.71 bits per heavy atom. The number of carbonyl (C=O) groups excluding carboxylic acids is 1. The molecule has 0 heterocycles. The minimum absolute atomic E-state index is 0.235. The van der Waals surface area contributed by atoms with Crippen LogP contribution >= 0.6 is 34.8 Å². The highest BCUT2D eigenvalue weighted by molar-refractivity contribution is 6.35. The Morgan fingerprint density at radius 1 is 1.41 bits per heavy atom. The van der Waals surface area contributed by atoms with Gasteiger partial charge in [-0.05, 0) is 23.8 Å². The van der Waals surface area contributed by atoms with Crippen LogP contribution in [0.4, 0.5) is 0 Å². The van der Waals surface area contributed by atoms with Crippen molar-refractivity contribution < 1.29 is 4.79 Å². The first kappa shape index (κ1) is 14.1. The molecule has 0 aromatic heterocycles. The lowest BCUT2D eigenvalue weighted by atomic mass is 10.2. The Labute approximate surface area is 115 Å². The number of hydrogen-bond donors (Lipinski definition) is 1. The highest BCUT2D eigenvalue weighted by Crippen LogP contribution is 2.21. The molecule has 0 atom stereocenters. The molecular formula is C12H10Cl3NO. The van der Waals surface area contributed by atoms with Gasteiger partial charge >= 0.3 is 0 Å². The van der Waals surface area contributed by atoms with Gasteiger partial charge in [-0.3, -0.25) is 4.79 Å². The van der Waals surface area contributed by atoms with Gasteiger partial charge in [0.05, 0.1) is 6.54 Å². The topological polar surface area (TPSA) is 29.1 Å². The summed E-state index contributed by atoms with van der Waals surface area (Å²) >= 11 is 17.2. The maximum absolute atomic E-state index is 11.3. The van der Waals surface area contributed by atoms with Crippen LogP contribution in [0.5, 0.6) is 0 Å². The second-order valence-electron chi connectivity index (χ2n) is 3.23. The first-order valence-corrected chi connectivity index (χ1v) is 5.86. The summed E-state index contributed by atoms with van der Waals surface area (Å²) in [6.07, 6.45) is 2.97. The van der Waals surface area contributed by atoms with E-state index in [0.717, 1.165) is 5.56 Å². The monoisotopic (exact) mass is 289 g/mol. The van der Waals surface area contributed by atoms with E-state index in [-0.39, 0.29) is 12.5 Å². The molecule has 0 aliphatic carbocycles. The third-order valence-electron chi connectivity index (χ3n) is 1.83. The van der Waals surface area contributed by atoms with Gasteiger partial charge in [0.15, 0.2) is 0 Å². The van der Waals surface area contributed by atoms with Crippen LogP contribution in [0.25, 0.3) is 6.08 Å². The average Bonchev–Trinajstić information content (AvgIpc) is 2.25. The van der Waals surface area contributed by atoms with Gasteiger partial charge < -0.3 is 5.32 Å². The van der Waals surface area contributed by atoms with Crippen molar-refractivity contribution in [3.8, 4) is 0 Å². The van der Waals surface area contributed by atoms with E-state index in [0.29, 0.717) is 15.1 Å². The van der Waals surface area contributed by atoms with E-state index in [9.17, 15) is 4.79 Å². The average molecular weight is 291 g/mol. The third-order valence-corrected chi connectivity index (χ3v) is 2.53. The van der Waals surface area contributed by atoms with Crippen LogP contribution in [-0.4, -0.2) is 12.5 Å². The number of halogens is 3. The summed E-state index contributed by atoms with van der Waals surface area (Å²) in [6.45, 7) is 3.70. The van der Waals surface area contributed by atoms with E-state index >= 15 is 0 Å². The normalized spacial score (nSPS) is 10.5. The zero-order valence-electron chi connectivity index (χ0n) is 8.84. The highest BCUT2D eigenvalue weighted by Gasteiger charge is 1.99. The summed E-state index contributed by atoms with van der Waals surface area (Å²) in [7, 11) is 0. The van der Waals surface area contributed by atoms with Crippen LogP contribution in [0.15, 0.2) is 35.9 Å². The van der Waals surface area contributed by atoms with Crippen LogP contribution in [0.1, 0.15) is 5.56 Å². The van der Waals surface area contributed by atoms with Crippen molar-refractivity contribution in [3.05, 3.63) is 51.5 Å². The Kier molecular flexibility index (Phi) is 5.56. The number of amides is 1. The predicted octanol–water partition coefficient (Wildman–Crippen LogP) is 3.88. The molecule has 0 aliphatic rings. The summed E-state index contributed by atoms with van der Waals surface area (Å²) in [6, 6.07) is 5.04. The van der Waals surface area contributed by atoms with E-state index in [2.05, 4.69) is 11.9 Å². The van der Waals surface area contributed by atoms with Gasteiger partial charge in [0.2, 0.25) is 5.91 Å². The number of carbonyl (C=O) groups is 1. The lowest BCUT2D eigenvalue weighted by Gasteiger charge is -2.00. The van der Waals surface area contributed by atoms with Gasteiger partial charge in [0.1, 0.15) is 0 Å². The lowest BCUT2D eigenvalue weighted by Crippen LogP contribution is -2.21. The van der Waals surface area contributed by atoms with Gasteiger partial charge in [-0.1, -0.05) is 47.4 Å². The van der Waals surface area contributed by atoms with Gasteiger partial charge in [0.25, 0.3) is 0 Å². The van der Waals surface area contributed by atoms with Crippen molar-refractivity contribution in [2.24, 2.45) is 0 Å². The fraction of sp³-hybridized carbons (Fsp3) is 0.0833. The summed E-state index contributed by atoms with van der Waals surface area (Å²) in [5, 5.41) is 3.97. The Bertz CT molecular complexity index is 469. The molecule has 1 N–H and O–H groups in total. The van der Waals surface area contributed by atoms with Crippen LogP contribution < -0.4 is 5.32 Å². The molecule has 0 fully saturated rings. The van der Waals surface area contributed by atoms with Gasteiger partial charge in [-0.15, -0.1) is 0 Å². The van der Waals surface area contributed by atoms with E-state index < -0.39 is 0 Å². The van der Waals surface area contributed by atoms with E-state index in [1.165, 1.54) is 6.08 Å². The number of rotatable bonds is 4. The minimum Gasteiger partial charge on any atom is -0.348 e. The van der Waals surface area contributed by atoms with E-state index in [4.69, 9.17) is 34.8 Å². The summed E-state index contributed by atoms with van der Waals surface area (Å²) < 4.78 is 0. The Morgan fingerprint density at radius 2 is 2.12 bits per heavy atom. The van der Waals surface area contributed by atoms with Crippen LogP contribution in [0.2, 0.25) is 10.0 Å². The van der Waals surface area contributed by atoms with Crippen molar-refractivity contribution in [3.63, 3.8) is 0 Å². The molecule has 0 saturated carbocycles. The van der Waals surface area contributed by atoms with Gasteiger partial charge in [-0.25, -0.2) is 0 Å². The summed E-state index contributed by atoms with van der Waals surface area (Å²) in [4.78, 5) is 11.3. The van der Waals surface area contributed by atoms with Crippen molar-refractivity contribution in [2.75, 3.05) is 6.54 Å². The van der Waals surface area contributed by atoms with E-state index in [1.807, 2.05) is 0 Å². The molecule has 1 aromatic carbocycles. The molecule has 5 heteroatoms. The molecule has 1 amide bonds. The van der Waals surface area contributed by atoms with Gasteiger partial charge in [0, 0.05) is 21.2 Å². The molecule has 17 heavy (non-hydrogen) atoms. The second-order valence-corrected chi connectivity index (χ2v) is 4.61. The zero-order valence-corrected chi connectivity index (χ0v) is 11.1. The molecule has 0 saturated heterocycles. The van der Waals surface area contributed by atoms with Gasteiger partial charge in [-0.2, -0.15) is 0 Å². The first-order valence-electron chi connectivity index (χ1n) is 4.73. The fourth-order valence-electron chi connectivity index (χ4n) is 1.04. The molecule has 90 valence electrons. The van der Waals surface area contributed by atoms with Crippen molar-refractivity contribution in [1.82, 2.24) is 5.32 Å². The standard InChI is InChI=1S/C12H10Cl3NO/c1-8(13)7-16-12(17)5-3-9-2-4-10(14)6-11(9)15/h2-6H,1,7H2,(H,16,17)/b5-3+. The minimum atomic E-state index is -0.266. The first-order chi connectivity index (χ1) is 7.99. The molecule has 0 bridgehead atoms. The third kappa shape index (κ3) is 5.26. The van der Waals surface area contributed by atoms with Crippen LogP contribution in [-0.2, 0) is 4.79 Å². The molecule has 0 radical (unpaired) electrons. The maximum atomic E-state index is 11.3. The smallest absolute Gasteiger partial charge is 0.244 e. The van der Waals surface area contributed by atoms with Crippen molar-refractivity contribution >= 4 is 46.8 Å². The van der Waals surface area contributed by atoms with Crippen LogP contribution in [0.3, 0.4) is 0 Å². The molecule has 0 spiro atoms. The molecule has 2 nitrogen and oxygen atoms in total. The highest BCUT2D eigenvalue weighted by atomic mass is 35.5. The molecular weight excluding hydrogens is 280 g/mol. The number of benzene rings is 1. The SMILES string of the molecule is C=C(Cl)CNC(=O)/C=C/c1ccc(Cl)cc1Cl. The predicted molar refractivity (Wildman–Crippen MR) is 73.5 cm³/mol. The van der Waals surface area contributed by atoms with Crippen LogP contribution in [0, 0.1) is 0 Å². The largest absolute Gasteiger partial charge is 0.348 e. The van der Waals surface area contributed by atoms with Crippen molar-refractivity contribution in [2.45, 2.75) is 0 Å². The van der Waals surface area contributed by atoms with E-state index in [1.54, 1.807) is 24.3 Å². The number of hydrogen-bond acceptors (Lipinski definition) is 1. The fourth-order valence-corrected chi connectivity index (χ4v) is 1.58. The molecule has 0 unspecified atom stereocenters. The maximum Gasteiger partial charge on any atom is 0.244 e. The molecule has 0 aliphatic heterocycles. The lowest BCUT2D eigenvalue weighted by molar-refractivity contribution is -0.116.